The van der Waals surface area contributed by atoms with Crippen LogP contribution in [0.1, 0.15) is 27.9 Å². The van der Waals surface area contributed by atoms with Gasteiger partial charge in [-0.05, 0) is 30.5 Å². The number of rotatable bonds is 4. The molecule has 0 aliphatic rings. The zero-order valence-electron chi connectivity index (χ0n) is 8.36. The second-order valence-electron chi connectivity index (χ2n) is 3.29. The first-order chi connectivity index (χ1) is 7.02. The van der Waals surface area contributed by atoms with E-state index in [-0.39, 0.29) is 12.0 Å². The van der Waals surface area contributed by atoms with Gasteiger partial charge in [-0.2, -0.15) is 0 Å². The molecule has 0 spiro atoms. The van der Waals surface area contributed by atoms with Crippen LogP contribution in [0.15, 0.2) is 18.2 Å². The van der Waals surface area contributed by atoms with E-state index in [0.29, 0.717) is 12.0 Å². The zero-order valence-corrected chi connectivity index (χ0v) is 8.36. The predicted octanol–water partition coefficient (Wildman–Crippen LogP) is 1.71. The van der Waals surface area contributed by atoms with Gasteiger partial charge in [0, 0.05) is 6.42 Å². The molecule has 2 N–H and O–H groups in total. The van der Waals surface area contributed by atoms with Crippen LogP contribution in [0.5, 0.6) is 0 Å². The van der Waals surface area contributed by atoms with Crippen LogP contribution in [0.25, 0.3) is 0 Å². The van der Waals surface area contributed by atoms with Crippen molar-refractivity contribution in [2.45, 2.75) is 19.8 Å². The van der Waals surface area contributed by atoms with Crippen molar-refractivity contribution in [1.29, 1.82) is 0 Å². The van der Waals surface area contributed by atoms with Gasteiger partial charge in [0.25, 0.3) is 0 Å². The van der Waals surface area contributed by atoms with Crippen molar-refractivity contribution in [2.24, 2.45) is 0 Å². The third kappa shape index (κ3) is 2.80. The highest BCUT2D eigenvalue weighted by molar-refractivity contribution is 5.89. The average molecular weight is 208 g/mol. The third-order valence-corrected chi connectivity index (χ3v) is 2.28. The minimum absolute atomic E-state index is 0.0178. The lowest BCUT2D eigenvalue weighted by Crippen LogP contribution is -2.04. The van der Waals surface area contributed by atoms with Gasteiger partial charge in [0.05, 0.1) is 5.56 Å². The molecule has 80 valence electrons. The fourth-order valence-corrected chi connectivity index (χ4v) is 1.43. The summed E-state index contributed by atoms with van der Waals surface area (Å²) in [6.07, 6.45) is 0.381. The summed E-state index contributed by atoms with van der Waals surface area (Å²) >= 11 is 0. The van der Waals surface area contributed by atoms with Crippen LogP contribution in [0.2, 0.25) is 0 Å². The van der Waals surface area contributed by atoms with E-state index in [1.807, 2.05) is 0 Å². The van der Waals surface area contributed by atoms with Crippen LogP contribution in [-0.2, 0) is 11.2 Å². The number of hydrogen-bond donors (Lipinski definition) is 2. The Bertz CT molecular complexity index is 396. The number of carbonyl (C=O) groups is 2. The molecule has 15 heavy (non-hydrogen) atoms. The normalized spacial score (nSPS) is 9.93. The Morgan fingerprint density at radius 3 is 2.47 bits per heavy atom. The molecule has 0 aromatic heterocycles. The SMILES string of the molecule is Cc1c(CCC(=O)O)cccc1C(=O)O. The van der Waals surface area contributed by atoms with E-state index in [2.05, 4.69) is 0 Å². The maximum atomic E-state index is 10.8. The fraction of sp³-hybridized carbons (Fsp3) is 0.273. The first-order valence-corrected chi connectivity index (χ1v) is 4.56. The smallest absolute Gasteiger partial charge is 0.335 e. The Hall–Kier alpha value is -1.84. The summed E-state index contributed by atoms with van der Waals surface area (Å²) in [6.45, 7) is 1.70. The lowest BCUT2D eigenvalue weighted by Gasteiger charge is -2.06. The van der Waals surface area contributed by atoms with Gasteiger partial charge in [-0.1, -0.05) is 12.1 Å². The van der Waals surface area contributed by atoms with Gasteiger partial charge in [0.2, 0.25) is 0 Å². The number of hydrogen-bond acceptors (Lipinski definition) is 2. The van der Waals surface area contributed by atoms with E-state index in [4.69, 9.17) is 10.2 Å². The summed E-state index contributed by atoms with van der Waals surface area (Å²) in [5.74, 6) is -1.86. The first kappa shape index (κ1) is 11.2. The Morgan fingerprint density at radius 1 is 1.27 bits per heavy atom. The van der Waals surface area contributed by atoms with E-state index in [0.717, 1.165) is 5.56 Å². The topological polar surface area (TPSA) is 74.6 Å². The number of carboxylic acids is 2. The number of aliphatic carboxylic acids is 1. The Morgan fingerprint density at radius 2 is 1.93 bits per heavy atom. The van der Waals surface area contributed by atoms with Crippen LogP contribution in [0, 0.1) is 6.92 Å². The lowest BCUT2D eigenvalue weighted by molar-refractivity contribution is -0.136. The Balaban J connectivity index is 2.94. The van der Waals surface area contributed by atoms with Gasteiger partial charge < -0.3 is 10.2 Å². The minimum atomic E-state index is -0.982. The van der Waals surface area contributed by atoms with Crippen molar-refractivity contribution in [3.05, 3.63) is 34.9 Å². The van der Waals surface area contributed by atoms with E-state index >= 15 is 0 Å². The molecule has 0 atom stereocenters. The lowest BCUT2D eigenvalue weighted by atomic mass is 9.99. The van der Waals surface area contributed by atoms with Gasteiger partial charge in [0.15, 0.2) is 0 Å². The number of aryl methyl sites for hydroxylation is 1. The van der Waals surface area contributed by atoms with Crippen molar-refractivity contribution in [1.82, 2.24) is 0 Å². The van der Waals surface area contributed by atoms with Gasteiger partial charge in [-0.25, -0.2) is 4.79 Å². The maximum Gasteiger partial charge on any atom is 0.335 e. The fourth-order valence-electron chi connectivity index (χ4n) is 1.43. The minimum Gasteiger partial charge on any atom is -0.481 e. The highest BCUT2D eigenvalue weighted by Gasteiger charge is 2.10. The largest absolute Gasteiger partial charge is 0.481 e. The summed E-state index contributed by atoms with van der Waals surface area (Å²) in [7, 11) is 0. The monoisotopic (exact) mass is 208 g/mol. The quantitative estimate of drug-likeness (QED) is 0.789. The van der Waals surface area contributed by atoms with Crippen LogP contribution in [0.3, 0.4) is 0 Å². The van der Waals surface area contributed by atoms with Gasteiger partial charge >= 0.3 is 11.9 Å². The molecule has 0 aliphatic carbocycles. The molecule has 0 unspecified atom stereocenters. The van der Waals surface area contributed by atoms with Crippen LogP contribution < -0.4 is 0 Å². The Labute approximate surface area is 87.2 Å². The van der Waals surface area contributed by atoms with Crippen LogP contribution in [-0.4, -0.2) is 22.2 Å². The highest BCUT2D eigenvalue weighted by Crippen LogP contribution is 2.15. The third-order valence-electron chi connectivity index (χ3n) is 2.28. The van der Waals surface area contributed by atoms with Crippen LogP contribution >= 0.6 is 0 Å². The average Bonchev–Trinajstić information content (AvgIpc) is 2.15. The van der Waals surface area contributed by atoms with E-state index < -0.39 is 11.9 Å². The molecule has 4 nitrogen and oxygen atoms in total. The summed E-state index contributed by atoms with van der Waals surface area (Å²) in [5, 5.41) is 17.4. The molecule has 0 fully saturated rings. The van der Waals surface area contributed by atoms with E-state index in [9.17, 15) is 9.59 Å². The second kappa shape index (κ2) is 4.59. The molecule has 4 heteroatoms. The molecule has 1 aromatic carbocycles. The van der Waals surface area contributed by atoms with Crippen LogP contribution in [0.4, 0.5) is 0 Å². The molecular formula is C11H12O4. The van der Waals surface area contributed by atoms with Gasteiger partial charge in [-0.3, -0.25) is 4.79 Å². The first-order valence-electron chi connectivity index (χ1n) is 4.56. The zero-order chi connectivity index (χ0) is 11.4. The molecule has 1 rings (SSSR count). The molecule has 0 amide bonds. The summed E-state index contributed by atoms with van der Waals surface area (Å²) < 4.78 is 0. The number of aromatic carboxylic acids is 1. The van der Waals surface area contributed by atoms with Crippen molar-refractivity contribution in [3.63, 3.8) is 0 Å². The molecule has 0 radical (unpaired) electrons. The van der Waals surface area contributed by atoms with Crippen molar-refractivity contribution < 1.29 is 19.8 Å². The summed E-state index contributed by atoms with van der Waals surface area (Å²) in [4.78, 5) is 21.2. The number of benzene rings is 1. The standard InChI is InChI=1S/C11H12O4/c1-7-8(5-6-10(12)13)3-2-4-9(7)11(14)15/h2-4H,5-6H2,1H3,(H,12,13)(H,14,15). The molecule has 0 aliphatic heterocycles. The molecular weight excluding hydrogens is 196 g/mol. The highest BCUT2D eigenvalue weighted by atomic mass is 16.4. The maximum absolute atomic E-state index is 10.8. The molecule has 0 heterocycles. The molecule has 0 saturated carbocycles. The molecule has 0 bridgehead atoms. The van der Waals surface area contributed by atoms with E-state index in [1.54, 1.807) is 19.1 Å². The molecule has 1 aromatic rings. The summed E-state index contributed by atoms with van der Waals surface area (Å²) in [6, 6.07) is 4.90. The van der Waals surface area contributed by atoms with Gasteiger partial charge in [-0.15, -0.1) is 0 Å². The van der Waals surface area contributed by atoms with E-state index in [1.165, 1.54) is 6.07 Å². The van der Waals surface area contributed by atoms with Crippen molar-refractivity contribution in [2.75, 3.05) is 0 Å². The molecule has 0 saturated heterocycles. The van der Waals surface area contributed by atoms with Crippen molar-refractivity contribution >= 4 is 11.9 Å². The predicted molar refractivity (Wildman–Crippen MR) is 54.1 cm³/mol. The van der Waals surface area contributed by atoms with Crippen molar-refractivity contribution in [3.8, 4) is 0 Å². The second-order valence-corrected chi connectivity index (χ2v) is 3.29. The summed E-state index contributed by atoms with van der Waals surface area (Å²) in [5.41, 5.74) is 1.65. The van der Waals surface area contributed by atoms with Gasteiger partial charge in [0.1, 0.15) is 0 Å². The number of carboxylic acid groups (broad SMARTS) is 2. The Kier molecular flexibility index (Phi) is 3.44.